The minimum atomic E-state index is -3.72. The Balaban J connectivity index is 1.42. The van der Waals surface area contributed by atoms with Gasteiger partial charge in [0.15, 0.2) is 0 Å². The molecule has 0 saturated carbocycles. The third kappa shape index (κ3) is 5.07. The molecule has 0 atom stereocenters. The molecule has 1 fully saturated rings. The molecule has 0 aliphatic carbocycles. The van der Waals surface area contributed by atoms with Crippen LogP contribution in [0.15, 0.2) is 65.0 Å². The zero-order valence-electron chi connectivity index (χ0n) is 16.6. The lowest BCUT2D eigenvalue weighted by molar-refractivity contribution is 0.0746. The molecule has 31 heavy (non-hydrogen) atoms. The van der Waals surface area contributed by atoms with Gasteiger partial charge >= 0.3 is 0 Å². The lowest BCUT2D eigenvalue weighted by atomic mass is 10.2. The molecule has 3 heterocycles. The van der Waals surface area contributed by atoms with Crippen molar-refractivity contribution in [3.63, 3.8) is 0 Å². The van der Waals surface area contributed by atoms with Gasteiger partial charge in [-0.05, 0) is 41.8 Å². The summed E-state index contributed by atoms with van der Waals surface area (Å²) in [6, 6.07) is 13.5. The Kier molecular flexibility index (Phi) is 6.57. The zero-order chi connectivity index (χ0) is 21.8. The lowest BCUT2D eigenvalue weighted by Gasteiger charge is -2.35. The van der Waals surface area contributed by atoms with Crippen LogP contribution in [0.3, 0.4) is 0 Å². The molecule has 1 saturated heterocycles. The number of benzene rings is 1. The van der Waals surface area contributed by atoms with E-state index in [1.165, 1.54) is 23.5 Å². The molecule has 1 aromatic carbocycles. The van der Waals surface area contributed by atoms with E-state index in [9.17, 15) is 13.2 Å². The molecule has 7 nitrogen and oxygen atoms in total. The van der Waals surface area contributed by atoms with Gasteiger partial charge in [-0.2, -0.15) is 0 Å². The van der Waals surface area contributed by atoms with Gasteiger partial charge in [0.1, 0.15) is 5.82 Å². The van der Waals surface area contributed by atoms with E-state index in [2.05, 4.69) is 9.71 Å². The molecule has 2 aromatic heterocycles. The molecule has 0 radical (unpaired) electrons. The second-order valence-corrected chi connectivity index (χ2v) is 10.2. The van der Waals surface area contributed by atoms with Gasteiger partial charge in [-0.25, -0.2) is 18.1 Å². The van der Waals surface area contributed by atoms with Crippen molar-refractivity contribution >= 4 is 44.7 Å². The molecule has 0 bridgehead atoms. The highest BCUT2D eigenvalue weighted by Crippen LogP contribution is 2.24. The molecular formula is C21H21ClN4O3S2. The molecule has 4 rings (SSSR count). The molecular weight excluding hydrogens is 456 g/mol. The van der Waals surface area contributed by atoms with E-state index < -0.39 is 10.0 Å². The van der Waals surface area contributed by atoms with E-state index >= 15 is 0 Å². The van der Waals surface area contributed by atoms with E-state index in [0.717, 1.165) is 4.88 Å². The second-order valence-electron chi connectivity index (χ2n) is 7.02. The van der Waals surface area contributed by atoms with Crippen molar-refractivity contribution in [3.05, 3.63) is 75.6 Å². The van der Waals surface area contributed by atoms with Crippen LogP contribution in [0.2, 0.25) is 5.02 Å². The van der Waals surface area contributed by atoms with Gasteiger partial charge in [-0.3, -0.25) is 4.79 Å². The minimum absolute atomic E-state index is 0.0776. The molecule has 1 aliphatic heterocycles. The van der Waals surface area contributed by atoms with Crippen molar-refractivity contribution in [1.82, 2.24) is 14.6 Å². The Morgan fingerprint density at radius 3 is 2.61 bits per heavy atom. The van der Waals surface area contributed by atoms with Crippen LogP contribution < -0.4 is 9.62 Å². The Labute approximate surface area is 190 Å². The molecule has 1 aliphatic rings. The number of hydrogen-bond donors (Lipinski definition) is 1. The number of nitrogens with zero attached hydrogens (tertiary/aromatic N) is 3. The van der Waals surface area contributed by atoms with E-state index in [4.69, 9.17) is 11.6 Å². The number of amides is 1. The van der Waals surface area contributed by atoms with Crippen molar-refractivity contribution in [2.45, 2.75) is 11.4 Å². The first-order chi connectivity index (χ1) is 14.9. The fourth-order valence-electron chi connectivity index (χ4n) is 3.37. The number of sulfonamides is 1. The fraction of sp³-hybridized carbons (Fsp3) is 0.238. The van der Waals surface area contributed by atoms with Crippen LogP contribution in [0, 0.1) is 0 Å². The number of carbonyl (C=O) groups excluding carboxylic acids is 1. The van der Waals surface area contributed by atoms with Crippen LogP contribution in [-0.2, 0) is 16.6 Å². The smallest absolute Gasteiger partial charge is 0.254 e. The highest BCUT2D eigenvalue weighted by Gasteiger charge is 2.25. The molecule has 10 heteroatoms. The highest BCUT2D eigenvalue weighted by molar-refractivity contribution is 7.89. The maximum atomic E-state index is 13.0. The van der Waals surface area contributed by atoms with Crippen LogP contribution in [-0.4, -0.2) is 50.4 Å². The summed E-state index contributed by atoms with van der Waals surface area (Å²) in [4.78, 5) is 22.1. The summed E-state index contributed by atoms with van der Waals surface area (Å²) in [5, 5.41) is 2.47. The average molecular weight is 477 g/mol. The molecule has 0 spiro atoms. The Morgan fingerprint density at radius 2 is 1.90 bits per heavy atom. The molecule has 162 valence electrons. The van der Waals surface area contributed by atoms with Crippen molar-refractivity contribution in [1.29, 1.82) is 0 Å². The standard InChI is InChI=1S/C21H21ClN4O3S2/c22-19-7-2-8-23-20(19)25-9-11-26(12-10-25)21(27)16-4-1-6-18(14-16)31(28,29)24-15-17-5-3-13-30-17/h1-8,13-14,24H,9-12,15H2. The first-order valence-corrected chi connectivity index (χ1v) is 12.4. The number of pyridine rings is 1. The number of nitrogens with one attached hydrogen (secondary N) is 1. The van der Waals surface area contributed by atoms with E-state index in [1.54, 1.807) is 35.4 Å². The van der Waals surface area contributed by atoms with Crippen molar-refractivity contribution in [2.75, 3.05) is 31.1 Å². The normalized spacial score (nSPS) is 14.6. The van der Waals surface area contributed by atoms with Gasteiger partial charge < -0.3 is 9.80 Å². The van der Waals surface area contributed by atoms with Crippen LogP contribution in [0.4, 0.5) is 5.82 Å². The van der Waals surface area contributed by atoms with Gasteiger partial charge in [0, 0.05) is 49.4 Å². The molecule has 1 amide bonds. The van der Waals surface area contributed by atoms with Crippen molar-refractivity contribution < 1.29 is 13.2 Å². The summed E-state index contributed by atoms with van der Waals surface area (Å²) in [7, 11) is -3.72. The SMILES string of the molecule is O=C(c1cccc(S(=O)(=O)NCc2cccs2)c1)N1CCN(c2ncccc2Cl)CC1. The Hall–Kier alpha value is -2.46. The zero-order valence-corrected chi connectivity index (χ0v) is 19.0. The summed E-state index contributed by atoms with van der Waals surface area (Å²) in [5.74, 6) is 0.517. The van der Waals surface area contributed by atoms with Gasteiger partial charge in [-0.1, -0.05) is 23.7 Å². The maximum absolute atomic E-state index is 13.0. The third-order valence-electron chi connectivity index (χ3n) is 5.01. The second kappa shape index (κ2) is 9.35. The largest absolute Gasteiger partial charge is 0.352 e. The quantitative estimate of drug-likeness (QED) is 0.590. The Morgan fingerprint density at radius 1 is 1.10 bits per heavy atom. The molecule has 1 N–H and O–H groups in total. The number of aromatic nitrogens is 1. The molecule has 0 unspecified atom stereocenters. The van der Waals surface area contributed by atoms with Crippen LogP contribution in [0.25, 0.3) is 0 Å². The van der Waals surface area contributed by atoms with Crippen molar-refractivity contribution in [2.24, 2.45) is 0 Å². The summed E-state index contributed by atoms with van der Waals surface area (Å²) in [6.45, 7) is 2.42. The molecule has 3 aromatic rings. The highest BCUT2D eigenvalue weighted by atomic mass is 35.5. The van der Waals surface area contributed by atoms with Crippen LogP contribution in [0.5, 0.6) is 0 Å². The summed E-state index contributed by atoms with van der Waals surface area (Å²) < 4.78 is 27.9. The minimum Gasteiger partial charge on any atom is -0.352 e. The monoisotopic (exact) mass is 476 g/mol. The predicted octanol–water partition coefficient (Wildman–Crippen LogP) is 3.24. The third-order valence-corrected chi connectivity index (χ3v) is 7.58. The number of thiophene rings is 1. The van der Waals surface area contributed by atoms with Gasteiger partial charge in [0.2, 0.25) is 10.0 Å². The number of carbonyl (C=O) groups is 1. The van der Waals surface area contributed by atoms with Gasteiger partial charge in [0.05, 0.1) is 9.92 Å². The number of rotatable bonds is 6. The van der Waals surface area contributed by atoms with E-state index in [-0.39, 0.29) is 17.3 Å². The summed E-state index contributed by atoms with van der Waals surface area (Å²) in [6.07, 6.45) is 1.69. The summed E-state index contributed by atoms with van der Waals surface area (Å²) >= 11 is 7.70. The maximum Gasteiger partial charge on any atom is 0.254 e. The number of halogens is 1. The summed E-state index contributed by atoms with van der Waals surface area (Å²) in [5.41, 5.74) is 0.350. The first-order valence-electron chi connectivity index (χ1n) is 9.71. The van der Waals surface area contributed by atoms with Crippen molar-refractivity contribution in [3.8, 4) is 0 Å². The fourth-order valence-corrected chi connectivity index (χ4v) is 5.40. The first kappa shape index (κ1) is 21.8. The van der Waals surface area contributed by atoms with E-state index in [1.807, 2.05) is 22.4 Å². The van der Waals surface area contributed by atoms with E-state index in [0.29, 0.717) is 42.6 Å². The predicted molar refractivity (Wildman–Crippen MR) is 122 cm³/mol. The lowest BCUT2D eigenvalue weighted by Crippen LogP contribution is -2.49. The van der Waals surface area contributed by atoms with Gasteiger partial charge in [-0.15, -0.1) is 11.3 Å². The topological polar surface area (TPSA) is 82.6 Å². The van der Waals surface area contributed by atoms with Gasteiger partial charge in [0.25, 0.3) is 5.91 Å². The number of hydrogen-bond acceptors (Lipinski definition) is 6. The van der Waals surface area contributed by atoms with Crippen LogP contribution in [0.1, 0.15) is 15.2 Å². The number of piperazine rings is 1. The Bertz CT molecular complexity index is 1160. The average Bonchev–Trinajstić information content (AvgIpc) is 3.32. The van der Waals surface area contributed by atoms with Crippen LogP contribution >= 0.6 is 22.9 Å². The number of anilines is 1.